The summed E-state index contributed by atoms with van der Waals surface area (Å²) >= 11 is 4.23. The zero-order valence-corrected chi connectivity index (χ0v) is 26.3. The topological polar surface area (TPSA) is 107 Å². The zero-order valence-electron chi connectivity index (χ0n) is 25.4. The van der Waals surface area contributed by atoms with Gasteiger partial charge in [0.1, 0.15) is 5.78 Å². The lowest BCUT2D eigenvalue weighted by Crippen LogP contribution is -2.28. The Morgan fingerprint density at radius 3 is 2.33 bits per heavy atom. The molecule has 0 unspecified atom stereocenters. The first-order valence-electron chi connectivity index (χ1n) is 15.3. The number of nitro groups is 1. The molecular formula is C34H44N2O6S. The molecule has 1 aromatic rings. The van der Waals surface area contributed by atoms with E-state index in [2.05, 4.69) is 31.4 Å². The average Bonchev–Trinajstić information content (AvgIpc) is 3.20. The van der Waals surface area contributed by atoms with E-state index in [9.17, 15) is 24.5 Å². The maximum Gasteiger partial charge on any atom is 0.305 e. The van der Waals surface area contributed by atoms with Gasteiger partial charge in [-0.15, -0.1) is 0 Å². The number of anilines is 1. The summed E-state index contributed by atoms with van der Waals surface area (Å²) in [6.45, 7) is 4.65. The van der Waals surface area contributed by atoms with Crippen LogP contribution in [-0.4, -0.2) is 41.4 Å². The normalized spacial score (nSPS) is 17.3. The van der Waals surface area contributed by atoms with Crippen LogP contribution in [0.4, 0.5) is 5.69 Å². The van der Waals surface area contributed by atoms with E-state index >= 15 is 0 Å². The molecule has 9 heteroatoms. The zero-order chi connectivity index (χ0) is 31.2. The minimum Gasteiger partial charge on any atom is -0.465 e. The van der Waals surface area contributed by atoms with Crippen molar-refractivity contribution in [1.29, 1.82) is 0 Å². The van der Waals surface area contributed by atoms with E-state index in [0.29, 0.717) is 13.0 Å². The first-order chi connectivity index (χ1) is 20.6. The number of nitrogens with zero attached hydrogens (tertiary/aromatic N) is 2. The third kappa shape index (κ3) is 10.1. The van der Waals surface area contributed by atoms with Gasteiger partial charge >= 0.3 is 5.97 Å². The molecule has 1 aromatic carbocycles. The largest absolute Gasteiger partial charge is 0.465 e. The van der Waals surface area contributed by atoms with Crippen LogP contribution in [0, 0.1) is 10.1 Å². The molecule has 2 aliphatic rings. The molecule has 0 atom stereocenters. The molecule has 0 fully saturated rings. The third-order valence-electron chi connectivity index (χ3n) is 7.97. The van der Waals surface area contributed by atoms with Gasteiger partial charge in [-0.05, 0) is 48.5 Å². The first kappa shape index (κ1) is 34.0. The number of benzene rings is 1. The maximum atomic E-state index is 12.8. The second kappa shape index (κ2) is 17.0. The van der Waals surface area contributed by atoms with Gasteiger partial charge in [-0.2, -0.15) is 12.6 Å². The number of unbranched alkanes of at least 4 members (excludes halogenated alkanes) is 7. The molecule has 0 saturated heterocycles. The highest BCUT2D eigenvalue weighted by Crippen LogP contribution is 2.47. The molecule has 3 rings (SSSR count). The van der Waals surface area contributed by atoms with Gasteiger partial charge in [0.05, 0.1) is 11.5 Å². The maximum absolute atomic E-state index is 12.8. The fourth-order valence-electron chi connectivity index (χ4n) is 5.48. The van der Waals surface area contributed by atoms with Crippen molar-refractivity contribution < 1.29 is 24.0 Å². The van der Waals surface area contributed by atoms with Crippen LogP contribution in [0.15, 0.2) is 71.6 Å². The van der Waals surface area contributed by atoms with Crippen LogP contribution in [0.25, 0.3) is 0 Å². The summed E-state index contributed by atoms with van der Waals surface area (Å²) in [6.07, 6.45) is 16.9. The number of para-hydroxylation sites is 1. The van der Waals surface area contributed by atoms with Crippen molar-refractivity contribution in [2.24, 2.45) is 0 Å². The Morgan fingerprint density at radius 1 is 0.953 bits per heavy atom. The molecule has 1 aliphatic heterocycles. The number of fused-ring (bicyclic) bond motifs is 1. The molecule has 8 nitrogen and oxygen atoms in total. The minimum absolute atomic E-state index is 0.00300. The van der Waals surface area contributed by atoms with Gasteiger partial charge in [0, 0.05) is 60.3 Å². The standard InChI is InChI=1S/C34H44N2O6S/c1-34(2)29-13-10-11-14-30(29)35(32(34)19-16-26-25-27(36(40)41)17-18-31(26)38)22-20-28(37)21-23-42-33(39)15-9-7-5-3-4-6-8-12-24-43/h10-11,13-14,16-19,25,43H,3-9,12,15,20-24H2,1-2H3/b26-16-,32-19+. The number of rotatable bonds is 18. The van der Waals surface area contributed by atoms with Gasteiger partial charge in [0.25, 0.3) is 5.70 Å². The van der Waals surface area contributed by atoms with Crippen molar-refractivity contribution in [3.05, 3.63) is 87.3 Å². The van der Waals surface area contributed by atoms with Crippen molar-refractivity contribution in [2.75, 3.05) is 23.8 Å². The van der Waals surface area contributed by atoms with Crippen molar-refractivity contribution in [3.63, 3.8) is 0 Å². The van der Waals surface area contributed by atoms with E-state index in [4.69, 9.17) is 4.74 Å². The van der Waals surface area contributed by atoms with Gasteiger partial charge in [0.15, 0.2) is 5.78 Å². The second-order valence-electron chi connectivity index (χ2n) is 11.6. The van der Waals surface area contributed by atoms with Gasteiger partial charge in [-0.25, -0.2) is 0 Å². The van der Waals surface area contributed by atoms with Crippen LogP contribution in [0.1, 0.15) is 90.0 Å². The minimum atomic E-state index is -0.524. The molecule has 1 heterocycles. The van der Waals surface area contributed by atoms with Crippen molar-refractivity contribution in [2.45, 2.75) is 89.9 Å². The van der Waals surface area contributed by atoms with Crippen LogP contribution < -0.4 is 4.90 Å². The summed E-state index contributed by atoms with van der Waals surface area (Å²) in [5.74, 6) is 0.393. The van der Waals surface area contributed by atoms with E-state index in [0.717, 1.165) is 42.0 Å². The quantitative estimate of drug-likeness (QED) is 0.0468. The molecule has 232 valence electrons. The van der Waals surface area contributed by atoms with Crippen LogP contribution in [0.2, 0.25) is 0 Å². The molecule has 0 bridgehead atoms. The molecule has 0 radical (unpaired) electrons. The monoisotopic (exact) mass is 608 g/mol. The van der Waals surface area contributed by atoms with E-state index in [1.165, 1.54) is 50.3 Å². The Morgan fingerprint density at radius 2 is 1.63 bits per heavy atom. The molecular weight excluding hydrogens is 564 g/mol. The number of carbonyl (C=O) groups excluding carboxylic acids is 3. The molecule has 0 aromatic heterocycles. The summed E-state index contributed by atoms with van der Waals surface area (Å²) in [5.41, 5.74) is 2.62. The van der Waals surface area contributed by atoms with Gasteiger partial charge in [0.2, 0.25) is 0 Å². The summed E-state index contributed by atoms with van der Waals surface area (Å²) < 4.78 is 5.32. The van der Waals surface area contributed by atoms with E-state index in [-0.39, 0.29) is 48.3 Å². The highest BCUT2D eigenvalue weighted by molar-refractivity contribution is 7.80. The highest BCUT2D eigenvalue weighted by Gasteiger charge is 2.39. The lowest BCUT2D eigenvalue weighted by Gasteiger charge is -2.27. The lowest BCUT2D eigenvalue weighted by atomic mass is 9.83. The van der Waals surface area contributed by atoms with Crippen molar-refractivity contribution in [1.82, 2.24) is 0 Å². The number of Topliss-reactive ketones (excluding diaryl/α,β-unsaturated/α-hetero) is 1. The van der Waals surface area contributed by atoms with E-state index < -0.39 is 10.3 Å². The average molecular weight is 609 g/mol. The smallest absolute Gasteiger partial charge is 0.305 e. The molecule has 43 heavy (non-hydrogen) atoms. The van der Waals surface area contributed by atoms with Gasteiger partial charge in [-0.1, -0.05) is 70.6 Å². The summed E-state index contributed by atoms with van der Waals surface area (Å²) in [5, 5.41) is 11.2. The third-order valence-corrected chi connectivity index (χ3v) is 8.29. The van der Waals surface area contributed by atoms with Gasteiger partial charge < -0.3 is 9.64 Å². The Hall–Kier alpha value is -3.46. The van der Waals surface area contributed by atoms with E-state index in [1.54, 1.807) is 6.08 Å². The molecule has 0 saturated carbocycles. The van der Waals surface area contributed by atoms with Crippen LogP contribution in [0.3, 0.4) is 0 Å². The summed E-state index contributed by atoms with van der Waals surface area (Å²) in [4.78, 5) is 50.0. The summed E-state index contributed by atoms with van der Waals surface area (Å²) in [7, 11) is 0. The number of allylic oxidation sites excluding steroid dienone is 7. The Kier molecular flexibility index (Phi) is 13.4. The molecule has 1 aliphatic carbocycles. The number of ether oxygens (including phenoxy) is 1. The molecule has 0 spiro atoms. The fraction of sp³-hybridized carbons (Fsp3) is 0.500. The van der Waals surface area contributed by atoms with Crippen LogP contribution in [0.5, 0.6) is 0 Å². The SMILES string of the molecule is CC1(C)/C(=C\C=C2\C=C([N+](=O)[O-])C=CC2=O)N(CCC(=O)CCOC(=O)CCCCCCCCCCS)c2ccccc21. The highest BCUT2D eigenvalue weighted by atomic mass is 32.1. The second-order valence-corrected chi connectivity index (χ2v) is 12.0. The first-order valence-corrected chi connectivity index (χ1v) is 15.9. The van der Waals surface area contributed by atoms with E-state index in [1.807, 2.05) is 30.3 Å². The van der Waals surface area contributed by atoms with Gasteiger partial charge in [-0.3, -0.25) is 24.5 Å². The Bertz CT molecular complexity index is 1290. The van der Waals surface area contributed by atoms with Crippen molar-refractivity contribution >= 4 is 35.9 Å². The number of ketones is 2. The Labute approximate surface area is 260 Å². The number of hydrogen-bond donors (Lipinski definition) is 1. The number of thiol groups is 1. The predicted octanol–water partition coefficient (Wildman–Crippen LogP) is 7.23. The summed E-state index contributed by atoms with van der Waals surface area (Å²) in [6, 6.07) is 7.95. The number of hydrogen-bond acceptors (Lipinski definition) is 8. The fourth-order valence-corrected chi connectivity index (χ4v) is 5.71. The predicted molar refractivity (Wildman–Crippen MR) is 173 cm³/mol. The van der Waals surface area contributed by atoms with Crippen LogP contribution >= 0.6 is 12.6 Å². The van der Waals surface area contributed by atoms with Crippen LogP contribution in [-0.2, 0) is 24.5 Å². The molecule has 0 amide bonds. The van der Waals surface area contributed by atoms with Crippen molar-refractivity contribution in [3.8, 4) is 0 Å². The Balaban J connectivity index is 1.51. The number of esters is 1. The lowest BCUT2D eigenvalue weighted by molar-refractivity contribution is -0.419. The molecule has 0 N–H and O–H groups in total. The number of carbonyl (C=O) groups is 3.